The fourth-order valence-corrected chi connectivity index (χ4v) is 11.0. The van der Waals surface area contributed by atoms with Crippen LogP contribution in [0.15, 0.2) is 64.3 Å². The molecule has 0 radical (unpaired) electrons. The summed E-state index contributed by atoms with van der Waals surface area (Å²) in [5.41, 5.74) is 9.38. The Labute approximate surface area is 522 Å². The number of ketones is 2. The molecule has 1 saturated carbocycles. The van der Waals surface area contributed by atoms with E-state index in [4.69, 9.17) is 57.8 Å². The summed E-state index contributed by atoms with van der Waals surface area (Å²) in [7, 11) is -3.84. The number of carbonyl (C=O) groups excluding carboxylic acids is 6. The number of nitrogens with one attached hydrogen (secondary N) is 1. The highest BCUT2D eigenvalue weighted by atomic mass is 32.2. The van der Waals surface area contributed by atoms with Crippen LogP contribution < -0.4 is 11.1 Å². The standard InChI is InChI=1S/C62H91N7O19S/c1-2-17-67(18-5-16-65-62(75)88-55-7-3-8-55)61(74)51-39-50-11-10-49(41-57(50)66-58(63)42-51)52-40-56(44-64-43-52)89(76,77)68-45-48(46-68)9-12-53(70)15-20-79-22-24-81-26-28-83-30-32-85-34-36-87-38-37-86-35-33-84-31-29-82-27-25-80-23-21-78-19-4-6-54(71)47-69-59(72)13-14-60(69)73/h10-11,13-14,39-41,43-44,48,55H,2-9,12,15-38,42,45-47H2,1H3,(H2,63,66)(H,65,75). The van der Waals surface area contributed by atoms with Crippen molar-refractivity contribution in [2.24, 2.45) is 16.6 Å². The van der Waals surface area contributed by atoms with Crippen LogP contribution in [0.25, 0.3) is 17.2 Å². The number of ether oxygens (including phenoxy) is 11. The number of benzene rings is 1. The van der Waals surface area contributed by atoms with Gasteiger partial charge in [-0.05, 0) is 74.6 Å². The molecule has 1 saturated heterocycles. The first-order valence-corrected chi connectivity index (χ1v) is 32.5. The molecule has 494 valence electrons. The largest absolute Gasteiger partial charge is 0.446 e. The van der Waals surface area contributed by atoms with Crippen molar-refractivity contribution in [1.82, 2.24) is 24.4 Å². The summed E-state index contributed by atoms with van der Waals surface area (Å²) in [5.74, 6) is -0.873. The zero-order chi connectivity index (χ0) is 63.3. The van der Waals surface area contributed by atoms with E-state index in [1.54, 1.807) is 23.2 Å². The minimum Gasteiger partial charge on any atom is -0.446 e. The SMILES string of the molecule is CCCN(CCCNC(=O)OC1CCC1)C(=O)C1=Cc2ccc(-c3cncc(S(=O)(=O)N4CC(CCC(=O)CCOCCOCCOCCOCCOCCOCCOCCOCCOCCOCCCC(=O)CN5C(=O)C=CC5=O)C4)c3)cc2N=C(N)C1. The molecule has 4 heterocycles. The Hall–Kier alpha value is -5.95. The summed E-state index contributed by atoms with van der Waals surface area (Å²) < 4.78 is 89.3. The first-order valence-electron chi connectivity index (χ1n) is 31.0. The number of nitrogens with zero attached hydrogens (tertiary/aromatic N) is 5. The maximum Gasteiger partial charge on any atom is 0.407 e. The van der Waals surface area contributed by atoms with Gasteiger partial charge in [0.2, 0.25) is 15.9 Å². The molecule has 89 heavy (non-hydrogen) atoms. The third-order valence-corrected chi connectivity index (χ3v) is 16.3. The predicted octanol–water partition coefficient (Wildman–Crippen LogP) is 4.23. The van der Waals surface area contributed by atoms with E-state index in [1.165, 1.54) is 10.5 Å². The monoisotopic (exact) mass is 1270 g/mol. The van der Waals surface area contributed by atoms with E-state index < -0.39 is 27.9 Å². The van der Waals surface area contributed by atoms with E-state index in [1.807, 2.05) is 25.1 Å². The lowest BCUT2D eigenvalue weighted by molar-refractivity contribution is -0.140. The van der Waals surface area contributed by atoms with Crippen molar-refractivity contribution in [3.05, 3.63) is 59.9 Å². The molecule has 3 N–H and O–H groups in total. The number of nitrogens with two attached hydrogens (primary N) is 1. The Morgan fingerprint density at radius 3 is 1.74 bits per heavy atom. The van der Waals surface area contributed by atoms with Gasteiger partial charge in [0, 0.05) is 106 Å². The molecule has 3 aliphatic heterocycles. The second-order valence-corrected chi connectivity index (χ2v) is 23.5. The summed E-state index contributed by atoms with van der Waals surface area (Å²) in [6.07, 6.45) is 12.9. The van der Waals surface area contributed by atoms with Crippen molar-refractivity contribution in [2.75, 3.05) is 171 Å². The highest BCUT2D eigenvalue weighted by Gasteiger charge is 2.37. The average Bonchev–Trinajstić information content (AvgIpc) is 1.17. The van der Waals surface area contributed by atoms with Crippen LogP contribution in [-0.2, 0) is 86.1 Å². The van der Waals surface area contributed by atoms with Crippen molar-refractivity contribution >= 4 is 63.0 Å². The topological polar surface area (TPSA) is 311 Å². The minimum atomic E-state index is -3.84. The molecule has 4 aliphatic rings. The Morgan fingerprint density at radius 1 is 0.652 bits per heavy atom. The van der Waals surface area contributed by atoms with Crippen LogP contribution in [0.2, 0.25) is 0 Å². The van der Waals surface area contributed by atoms with Crippen molar-refractivity contribution in [1.29, 1.82) is 0 Å². The molecule has 26 nitrogen and oxygen atoms in total. The summed E-state index contributed by atoms with van der Waals surface area (Å²) in [6.45, 7) is 11.9. The van der Waals surface area contributed by atoms with Gasteiger partial charge >= 0.3 is 6.09 Å². The van der Waals surface area contributed by atoms with Gasteiger partial charge in [-0.2, -0.15) is 4.31 Å². The molecule has 2 aromatic rings. The van der Waals surface area contributed by atoms with E-state index in [0.717, 1.165) is 42.7 Å². The number of amidine groups is 1. The molecule has 1 aromatic heterocycles. The summed E-state index contributed by atoms with van der Waals surface area (Å²) >= 11 is 0. The molecular weight excluding hydrogens is 1180 g/mol. The fourth-order valence-electron chi connectivity index (χ4n) is 9.38. The molecule has 0 unspecified atom stereocenters. The number of rotatable bonds is 50. The smallest absolute Gasteiger partial charge is 0.407 e. The van der Waals surface area contributed by atoms with Gasteiger partial charge in [0.1, 0.15) is 22.6 Å². The number of hydrogen-bond donors (Lipinski definition) is 2. The fraction of sp³-hybridized carbons (Fsp3) is 0.645. The number of aromatic nitrogens is 1. The van der Waals surface area contributed by atoms with Crippen molar-refractivity contribution in [2.45, 2.75) is 88.6 Å². The molecule has 0 atom stereocenters. The molecule has 2 fully saturated rings. The maximum absolute atomic E-state index is 13.8. The molecule has 1 aromatic carbocycles. The predicted molar refractivity (Wildman–Crippen MR) is 327 cm³/mol. The van der Waals surface area contributed by atoms with Crippen molar-refractivity contribution < 1.29 is 89.3 Å². The third kappa shape index (κ3) is 27.2. The number of alkyl carbamates (subject to hydrolysis) is 1. The molecule has 4 amide bonds. The molecule has 1 aliphatic carbocycles. The van der Waals surface area contributed by atoms with Gasteiger partial charge in [0.15, 0.2) is 5.78 Å². The first-order chi connectivity index (χ1) is 43.3. The number of imide groups is 1. The Morgan fingerprint density at radius 2 is 1.20 bits per heavy atom. The quantitative estimate of drug-likeness (QED) is 0.0691. The number of hydrogen-bond acceptors (Lipinski definition) is 22. The number of Topliss-reactive ketones (excluding diaryl/α,β-unsaturated/α-hetero) is 2. The number of aliphatic imine (C=N–C) groups is 1. The Kier molecular flexibility index (Phi) is 33.6. The third-order valence-electron chi connectivity index (χ3n) is 14.5. The van der Waals surface area contributed by atoms with Gasteiger partial charge in [0.25, 0.3) is 11.8 Å². The summed E-state index contributed by atoms with van der Waals surface area (Å²) in [4.78, 5) is 85.2. The van der Waals surface area contributed by atoms with E-state index in [0.29, 0.717) is 212 Å². The lowest BCUT2D eigenvalue weighted by atomic mass is 9.95. The van der Waals surface area contributed by atoms with E-state index >= 15 is 0 Å². The molecular formula is C62H91N7O19S. The van der Waals surface area contributed by atoms with Crippen molar-refractivity contribution in [3.63, 3.8) is 0 Å². The lowest BCUT2D eigenvalue weighted by Gasteiger charge is -2.38. The highest BCUT2D eigenvalue weighted by molar-refractivity contribution is 7.89. The number of carbonyl (C=O) groups is 6. The van der Waals surface area contributed by atoms with Crippen LogP contribution >= 0.6 is 0 Å². The molecule has 0 bridgehead atoms. The number of pyridine rings is 1. The van der Waals surface area contributed by atoms with Crippen LogP contribution in [0.5, 0.6) is 0 Å². The van der Waals surface area contributed by atoms with Crippen LogP contribution in [0.4, 0.5) is 10.5 Å². The van der Waals surface area contributed by atoms with Crippen LogP contribution in [-0.4, -0.2) is 246 Å². The van der Waals surface area contributed by atoms with Crippen LogP contribution in [0.1, 0.15) is 83.1 Å². The second kappa shape index (κ2) is 41.4. The highest BCUT2D eigenvalue weighted by Crippen LogP contribution is 2.34. The Balaban J connectivity index is 0.685. The van der Waals surface area contributed by atoms with Gasteiger partial charge in [0.05, 0.1) is 138 Å². The van der Waals surface area contributed by atoms with E-state index in [2.05, 4.69) is 15.3 Å². The van der Waals surface area contributed by atoms with E-state index in [9.17, 15) is 37.2 Å². The molecule has 27 heteroatoms. The minimum absolute atomic E-state index is 0.000534. The van der Waals surface area contributed by atoms with Gasteiger partial charge in [-0.15, -0.1) is 0 Å². The van der Waals surface area contributed by atoms with Gasteiger partial charge in [-0.3, -0.25) is 33.9 Å². The van der Waals surface area contributed by atoms with Gasteiger partial charge in [-0.25, -0.2) is 18.2 Å². The Bertz CT molecular complexity index is 2720. The van der Waals surface area contributed by atoms with Crippen LogP contribution in [0.3, 0.4) is 0 Å². The zero-order valence-corrected chi connectivity index (χ0v) is 52.3. The first kappa shape index (κ1) is 72.1. The van der Waals surface area contributed by atoms with E-state index in [-0.39, 0.29) is 72.6 Å². The molecule has 6 rings (SSSR count). The van der Waals surface area contributed by atoms with Gasteiger partial charge < -0.3 is 68.1 Å². The summed E-state index contributed by atoms with van der Waals surface area (Å²) in [6, 6.07) is 7.07. The lowest BCUT2D eigenvalue weighted by Crippen LogP contribution is -2.49. The number of fused-ring (bicyclic) bond motifs is 1. The number of sulfonamides is 1. The molecule has 0 spiro atoms. The summed E-state index contributed by atoms with van der Waals surface area (Å²) in [5, 5.41) is 2.78. The maximum atomic E-state index is 13.8. The average molecular weight is 1270 g/mol. The number of amides is 4. The van der Waals surface area contributed by atoms with Crippen LogP contribution in [0, 0.1) is 5.92 Å². The van der Waals surface area contributed by atoms with Crippen molar-refractivity contribution in [3.8, 4) is 11.1 Å². The zero-order valence-electron chi connectivity index (χ0n) is 51.5. The second-order valence-electron chi connectivity index (χ2n) is 21.5. The van der Waals surface area contributed by atoms with Gasteiger partial charge in [-0.1, -0.05) is 19.1 Å². The normalized spacial score (nSPS) is 15.3.